The van der Waals surface area contributed by atoms with Crippen molar-refractivity contribution in [3.63, 3.8) is 0 Å². The molecule has 0 aromatic rings. The lowest BCUT2D eigenvalue weighted by Gasteiger charge is -2.41. The fraction of sp³-hybridized carbons (Fsp3) is 0.857. The Morgan fingerprint density at radius 2 is 1.81 bits per heavy atom. The van der Waals surface area contributed by atoms with Crippen LogP contribution in [0.1, 0.15) is 40.5 Å². The zero-order valence-corrected chi connectivity index (χ0v) is 13.4. The number of hydrogen-bond donors (Lipinski definition) is 2. The first-order chi connectivity index (χ1) is 9.57. The molecule has 1 aliphatic rings. The molecule has 0 bridgehead atoms. The van der Waals surface area contributed by atoms with Gasteiger partial charge >= 0.3 is 12.2 Å². The van der Waals surface area contributed by atoms with Gasteiger partial charge in [-0.1, -0.05) is 0 Å². The number of hydrogen-bond acceptors (Lipinski definition) is 5. The zero-order valence-electron chi connectivity index (χ0n) is 13.4. The first-order valence-corrected chi connectivity index (χ1v) is 7.12. The van der Waals surface area contributed by atoms with E-state index in [9.17, 15) is 14.7 Å². The summed E-state index contributed by atoms with van der Waals surface area (Å²) < 4.78 is 9.83. The average Bonchev–Trinajstić information content (AvgIpc) is 2.37. The van der Waals surface area contributed by atoms with Crippen molar-refractivity contribution < 1.29 is 24.2 Å². The highest BCUT2D eigenvalue weighted by Gasteiger charge is 2.40. The van der Waals surface area contributed by atoms with Crippen molar-refractivity contribution in [1.29, 1.82) is 0 Å². The van der Waals surface area contributed by atoms with Gasteiger partial charge < -0.3 is 24.8 Å². The van der Waals surface area contributed by atoms with Gasteiger partial charge in [0.15, 0.2) is 0 Å². The third-order valence-electron chi connectivity index (χ3n) is 3.61. The molecule has 1 fully saturated rings. The normalized spacial score (nSPS) is 19.6. The van der Waals surface area contributed by atoms with Gasteiger partial charge in [-0.05, 0) is 40.5 Å². The Hall–Kier alpha value is -1.50. The topological polar surface area (TPSA) is 88.1 Å². The molecule has 1 atom stereocenters. The molecule has 7 nitrogen and oxygen atoms in total. The van der Waals surface area contributed by atoms with Crippen LogP contribution in [0.15, 0.2) is 0 Å². The Labute approximate surface area is 125 Å². The van der Waals surface area contributed by atoms with Gasteiger partial charge in [-0.25, -0.2) is 9.59 Å². The minimum atomic E-state index is -1.05. The first kappa shape index (κ1) is 17.6. The number of nitrogens with one attached hydrogen (secondary N) is 1. The minimum Gasteiger partial charge on any atom is -0.453 e. The Morgan fingerprint density at radius 1 is 1.29 bits per heavy atom. The second-order valence-electron chi connectivity index (χ2n) is 6.43. The summed E-state index contributed by atoms with van der Waals surface area (Å²) in [5.41, 5.74) is -1.59. The summed E-state index contributed by atoms with van der Waals surface area (Å²) >= 11 is 0. The third-order valence-corrected chi connectivity index (χ3v) is 3.61. The minimum absolute atomic E-state index is 0.372. The van der Waals surface area contributed by atoms with Gasteiger partial charge in [-0.3, -0.25) is 0 Å². The van der Waals surface area contributed by atoms with E-state index in [0.29, 0.717) is 25.9 Å². The van der Waals surface area contributed by atoms with Crippen molar-refractivity contribution in [2.45, 2.75) is 57.8 Å². The number of carbonyl (C=O) groups is 2. The number of aliphatic hydroxyl groups is 1. The molecule has 1 unspecified atom stereocenters. The molecule has 2 N–H and O–H groups in total. The summed E-state index contributed by atoms with van der Waals surface area (Å²) in [6, 6.07) is -0.453. The molecule has 1 aliphatic heterocycles. The number of amides is 2. The number of carbonyl (C=O) groups excluding carboxylic acids is 2. The molecule has 0 saturated carbocycles. The molecule has 1 heterocycles. The summed E-state index contributed by atoms with van der Waals surface area (Å²) in [4.78, 5) is 24.7. The number of methoxy groups -OCH3 is 1. The predicted molar refractivity (Wildman–Crippen MR) is 77.0 cm³/mol. The van der Waals surface area contributed by atoms with Crippen LogP contribution in [0.3, 0.4) is 0 Å². The van der Waals surface area contributed by atoms with Crippen molar-refractivity contribution in [2.24, 2.45) is 0 Å². The van der Waals surface area contributed by atoms with Crippen LogP contribution in [0.25, 0.3) is 0 Å². The first-order valence-electron chi connectivity index (χ1n) is 7.12. The van der Waals surface area contributed by atoms with Crippen LogP contribution >= 0.6 is 0 Å². The molecule has 0 spiro atoms. The molecule has 1 saturated heterocycles. The van der Waals surface area contributed by atoms with E-state index in [1.165, 1.54) is 7.11 Å². The van der Waals surface area contributed by atoms with E-state index < -0.39 is 23.3 Å². The third kappa shape index (κ3) is 5.08. The number of alkyl carbamates (subject to hydrolysis) is 1. The number of rotatable bonds is 2. The average molecular weight is 302 g/mol. The van der Waals surface area contributed by atoms with Crippen molar-refractivity contribution in [3.8, 4) is 0 Å². The Balaban J connectivity index is 2.54. The van der Waals surface area contributed by atoms with Gasteiger partial charge in [-0.2, -0.15) is 0 Å². The maximum absolute atomic E-state index is 12.0. The Bertz CT molecular complexity index is 383. The number of ether oxygens (including phenoxy) is 2. The highest BCUT2D eigenvalue weighted by Crippen LogP contribution is 2.26. The molecular formula is C14H26N2O5. The van der Waals surface area contributed by atoms with Crippen LogP contribution in [0.5, 0.6) is 0 Å². The molecule has 0 radical (unpaired) electrons. The van der Waals surface area contributed by atoms with Gasteiger partial charge in [0.05, 0.1) is 18.8 Å². The van der Waals surface area contributed by atoms with E-state index in [1.54, 1.807) is 11.8 Å². The van der Waals surface area contributed by atoms with Crippen molar-refractivity contribution in [3.05, 3.63) is 0 Å². The molecule has 0 aromatic heterocycles. The summed E-state index contributed by atoms with van der Waals surface area (Å²) in [5, 5.41) is 13.1. The van der Waals surface area contributed by atoms with Gasteiger partial charge in [0.2, 0.25) is 0 Å². The van der Waals surface area contributed by atoms with Crippen LogP contribution < -0.4 is 5.32 Å². The molecule has 1 rings (SSSR count). The highest BCUT2D eigenvalue weighted by atomic mass is 16.6. The SMILES string of the molecule is COC(=O)NC(C)C1(O)CCN(C(=O)OC(C)(C)C)CC1. The van der Waals surface area contributed by atoms with Gasteiger partial charge in [0.1, 0.15) is 5.60 Å². The molecule has 0 aromatic carbocycles. The van der Waals surface area contributed by atoms with E-state index in [4.69, 9.17) is 4.74 Å². The van der Waals surface area contributed by atoms with E-state index in [-0.39, 0.29) is 6.09 Å². The Kier molecular flexibility index (Phi) is 5.44. The molecule has 21 heavy (non-hydrogen) atoms. The molecule has 0 aliphatic carbocycles. The van der Waals surface area contributed by atoms with Gasteiger partial charge in [-0.15, -0.1) is 0 Å². The lowest BCUT2D eigenvalue weighted by atomic mass is 9.85. The summed E-state index contributed by atoms with van der Waals surface area (Å²) in [6.45, 7) is 7.94. The fourth-order valence-electron chi connectivity index (χ4n) is 2.21. The van der Waals surface area contributed by atoms with E-state index in [0.717, 1.165) is 0 Å². The van der Waals surface area contributed by atoms with Crippen LogP contribution in [0.4, 0.5) is 9.59 Å². The van der Waals surface area contributed by atoms with Crippen LogP contribution in [0, 0.1) is 0 Å². The lowest BCUT2D eigenvalue weighted by Crippen LogP contribution is -2.57. The Morgan fingerprint density at radius 3 is 2.24 bits per heavy atom. The van der Waals surface area contributed by atoms with E-state index in [1.807, 2.05) is 20.8 Å². The molecule has 122 valence electrons. The second-order valence-corrected chi connectivity index (χ2v) is 6.43. The lowest BCUT2D eigenvalue weighted by molar-refractivity contribution is -0.0499. The predicted octanol–water partition coefficient (Wildman–Crippen LogP) is 1.49. The standard InChI is InChI=1S/C14H26N2O5/c1-10(15-11(17)20-5)14(19)6-8-16(9-7-14)12(18)21-13(2,3)4/h10,19H,6-9H2,1-5H3,(H,15,17). The summed E-state index contributed by atoms with van der Waals surface area (Å²) in [7, 11) is 1.28. The fourth-order valence-corrected chi connectivity index (χ4v) is 2.21. The maximum Gasteiger partial charge on any atom is 0.410 e. The van der Waals surface area contributed by atoms with Crippen LogP contribution in [0.2, 0.25) is 0 Å². The molecular weight excluding hydrogens is 276 g/mol. The highest BCUT2D eigenvalue weighted by molar-refractivity contribution is 5.68. The van der Waals surface area contributed by atoms with Crippen LogP contribution in [-0.4, -0.2) is 59.6 Å². The smallest absolute Gasteiger partial charge is 0.410 e. The largest absolute Gasteiger partial charge is 0.453 e. The van der Waals surface area contributed by atoms with Crippen molar-refractivity contribution >= 4 is 12.2 Å². The number of likely N-dealkylation sites (tertiary alicyclic amines) is 1. The molecule has 2 amide bonds. The monoisotopic (exact) mass is 302 g/mol. The van der Waals surface area contributed by atoms with Gasteiger partial charge in [0, 0.05) is 13.1 Å². The summed E-state index contributed by atoms with van der Waals surface area (Å²) in [6.07, 6.45) is -0.210. The van der Waals surface area contributed by atoms with E-state index >= 15 is 0 Å². The van der Waals surface area contributed by atoms with Crippen molar-refractivity contribution in [2.75, 3.05) is 20.2 Å². The number of nitrogens with zero attached hydrogens (tertiary/aromatic N) is 1. The summed E-state index contributed by atoms with van der Waals surface area (Å²) in [5.74, 6) is 0. The van der Waals surface area contributed by atoms with E-state index in [2.05, 4.69) is 10.1 Å². The quantitative estimate of drug-likeness (QED) is 0.807. The van der Waals surface area contributed by atoms with Crippen molar-refractivity contribution in [1.82, 2.24) is 10.2 Å². The van der Waals surface area contributed by atoms with Crippen LogP contribution in [-0.2, 0) is 9.47 Å². The molecule has 7 heteroatoms. The second kappa shape index (κ2) is 6.51. The maximum atomic E-state index is 12.0. The van der Waals surface area contributed by atoms with Gasteiger partial charge in [0.25, 0.3) is 0 Å². The zero-order chi connectivity index (χ0) is 16.3. The number of piperidine rings is 1.